The Morgan fingerprint density at radius 2 is 2.09 bits per heavy atom. The molecule has 0 aliphatic carbocycles. The van der Waals surface area contributed by atoms with Crippen LogP contribution in [0.25, 0.3) is 0 Å². The molecule has 0 spiro atoms. The molecule has 0 aromatic heterocycles. The molecule has 0 bridgehead atoms. The lowest BCUT2D eigenvalue weighted by atomic mass is 10.2. The summed E-state index contributed by atoms with van der Waals surface area (Å²) in [7, 11) is 0. The molecular formula is C8H18N2O. The highest BCUT2D eigenvalue weighted by Crippen LogP contribution is 1.91. The Hall–Kier alpha value is -0.570. The van der Waals surface area contributed by atoms with Crippen molar-refractivity contribution in [3.05, 3.63) is 0 Å². The molecule has 1 atom stereocenters. The molecule has 11 heavy (non-hydrogen) atoms. The Morgan fingerprint density at radius 3 is 2.45 bits per heavy atom. The van der Waals surface area contributed by atoms with Gasteiger partial charge in [-0.15, -0.1) is 0 Å². The largest absolute Gasteiger partial charge is 0.354 e. The SMILES string of the molecule is CCC(N)CNC(=O)C(C)C. The minimum Gasteiger partial charge on any atom is -0.354 e. The molecule has 66 valence electrons. The van der Waals surface area contributed by atoms with E-state index < -0.39 is 0 Å². The molecule has 0 saturated carbocycles. The van der Waals surface area contributed by atoms with Gasteiger partial charge < -0.3 is 11.1 Å². The van der Waals surface area contributed by atoms with Crippen molar-refractivity contribution in [2.24, 2.45) is 11.7 Å². The van der Waals surface area contributed by atoms with Crippen molar-refractivity contribution >= 4 is 5.91 Å². The summed E-state index contributed by atoms with van der Waals surface area (Å²) in [5.74, 6) is 0.132. The second kappa shape index (κ2) is 5.13. The third-order valence-electron chi connectivity index (χ3n) is 1.59. The molecule has 0 fully saturated rings. The molecule has 0 aromatic rings. The third-order valence-corrected chi connectivity index (χ3v) is 1.59. The van der Waals surface area contributed by atoms with Crippen LogP contribution < -0.4 is 11.1 Å². The molecule has 0 rings (SSSR count). The lowest BCUT2D eigenvalue weighted by Crippen LogP contribution is -2.38. The molecule has 0 aromatic carbocycles. The van der Waals surface area contributed by atoms with Crippen LogP contribution in [0.4, 0.5) is 0 Å². The molecule has 1 amide bonds. The Kier molecular flexibility index (Phi) is 4.86. The summed E-state index contributed by atoms with van der Waals surface area (Å²) in [5.41, 5.74) is 5.61. The minimum atomic E-state index is 0.0547. The Balaban J connectivity index is 3.46. The summed E-state index contributed by atoms with van der Waals surface area (Å²) >= 11 is 0. The number of amides is 1. The van der Waals surface area contributed by atoms with Gasteiger partial charge in [-0.05, 0) is 6.42 Å². The quantitative estimate of drug-likeness (QED) is 0.626. The van der Waals surface area contributed by atoms with E-state index in [4.69, 9.17) is 5.73 Å². The summed E-state index contributed by atoms with van der Waals surface area (Å²) in [6.07, 6.45) is 0.901. The first-order chi connectivity index (χ1) is 5.07. The van der Waals surface area contributed by atoms with Crippen LogP contribution in [0, 0.1) is 5.92 Å². The van der Waals surface area contributed by atoms with Crippen molar-refractivity contribution in [3.8, 4) is 0 Å². The van der Waals surface area contributed by atoms with Crippen molar-refractivity contribution < 1.29 is 4.79 Å². The number of hydrogen-bond donors (Lipinski definition) is 2. The molecule has 0 heterocycles. The van der Waals surface area contributed by atoms with E-state index in [1.807, 2.05) is 20.8 Å². The van der Waals surface area contributed by atoms with Gasteiger partial charge in [0.25, 0.3) is 0 Å². The lowest BCUT2D eigenvalue weighted by molar-refractivity contribution is -0.124. The van der Waals surface area contributed by atoms with Gasteiger partial charge in [0.05, 0.1) is 0 Å². The van der Waals surface area contributed by atoms with Gasteiger partial charge in [0.1, 0.15) is 0 Å². The maximum atomic E-state index is 11.0. The molecule has 3 N–H and O–H groups in total. The summed E-state index contributed by atoms with van der Waals surface area (Å²) in [4.78, 5) is 11.0. The predicted octanol–water partition coefficient (Wildman–Crippen LogP) is 0.496. The van der Waals surface area contributed by atoms with E-state index in [0.29, 0.717) is 6.54 Å². The molecule has 0 aliphatic heterocycles. The van der Waals surface area contributed by atoms with Gasteiger partial charge in [0.15, 0.2) is 0 Å². The normalized spacial score (nSPS) is 13.2. The molecule has 1 unspecified atom stereocenters. The van der Waals surface area contributed by atoms with Gasteiger partial charge in [0.2, 0.25) is 5.91 Å². The molecule has 0 saturated heterocycles. The van der Waals surface area contributed by atoms with Crippen LogP contribution in [-0.4, -0.2) is 18.5 Å². The first-order valence-corrected chi connectivity index (χ1v) is 4.11. The van der Waals surface area contributed by atoms with E-state index in [1.165, 1.54) is 0 Å². The number of carbonyl (C=O) groups is 1. The van der Waals surface area contributed by atoms with E-state index in [-0.39, 0.29) is 17.9 Å². The average Bonchev–Trinajstić information content (AvgIpc) is 1.99. The average molecular weight is 158 g/mol. The van der Waals surface area contributed by atoms with E-state index in [2.05, 4.69) is 5.32 Å². The number of carbonyl (C=O) groups excluding carboxylic acids is 1. The zero-order chi connectivity index (χ0) is 8.85. The number of hydrogen-bond acceptors (Lipinski definition) is 2. The topological polar surface area (TPSA) is 55.1 Å². The lowest BCUT2D eigenvalue weighted by Gasteiger charge is -2.11. The molecule has 0 radical (unpaired) electrons. The van der Waals surface area contributed by atoms with Crippen molar-refractivity contribution in [2.45, 2.75) is 33.2 Å². The zero-order valence-electron chi connectivity index (χ0n) is 7.55. The Bertz CT molecular complexity index is 123. The molecular weight excluding hydrogens is 140 g/mol. The summed E-state index contributed by atoms with van der Waals surface area (Å²) in [6.45, 7) is 6.33. The maximum Gasteiger partial charge on any atom is 0.222 e. The van der Waals surface area contributed by atoms with Crippen molar-refractivity contribution in [3.63, 3.8) is 0 Å². The van der Waals surface area contributed by atoms with E-state index in [1.54, 1.807) is 0 Å². The highest BCUT2D eigenvalue weighted by atomic mass is 16.1. The first-order valence-electron chi connectivity index (χ1n) is 4.11. The van der Waals surface area contributed by atoms with Crippen LogP contribution in [0.15, 0.2) is 0 Å². The molecule has 0 aliphatic rings. The van der Waals surface area contributed by atoms with Crippen molar-refractivity contribution in [1.82, 2.24) is 5.32 Å². The fraction of sp³-hybridized carbons (Fsp3) is 0.875. The van der Waals surface area contributed by atoms with Crippen LogP contribution >= 0.6 is 0 Å². The number of nitrogens with one attached hydrogen (secondary N) is 1. The highest BCUT2D eigenvalue weighted by Gasteiger charge is 2.06. The fourth-order valence-corrected chi connectivity index (χ4v) is 0.580. The smallest absolute Gasteiger partial charge is 0.222 e. The summed E-state index contributed by atoms with van der Waals surface area (Å²) < 4.78 is 0. The van der Waals surface area contributed by atoms with Gasteiger partial charge in [-0.3, -0.25) is 4.79 Å². The van der Waals surface area contributed by atoms with Gasteiger partial charge >= 0.3 is 0 Å². The van der Waals surface area contributed by atoms with Crippen LogP contribution in [-0.2, 0) is 4.79 Å². The minimum absolute atomic E-state index is 0.0547. The molecule has 3 heteroatoms. The maximum absolute atomic E-state index is 11.0. The zero-order valence-corrected chi connectivity index (χ0v) is 7.55. The Labute approximate surface area is 68.3 Å². The van der Waals surface area contributed by atoms with Gasteiger partial charge in [-0.2, -0.15) is 0 Å². The standard InChI is InChI=1S/C8H18N2O/c1-4-7(9)5-10-8(11)6(2)3/h6-7H,4-5,9H2,1-3H3,(H,10,11). The second-order valence-corrected chi connectivity index (χ2v) is 3.07. The first kappa shape index (κ1) is 10.4. The number of rotatable bonds is 4. The summed E-state index contributed by atoms with van der Waals surface area (Å²) in [6, 6.07) is 0.0951. The molecule has 3 nitrogen and oxygen atoms in total. The third kappa shape index (κ3) is 4.79. The van der Waals surface area contributed by atoms with E-state index >= 15 is 0 Å². The number of nitrogens with two attached hydrogens (primary N) is 1. The van der Waals surface area contributed by atoms with E-state index in [9.17, 15) is 4.79 Å². The summed E-state index contributed by atoms with van der Waals surface area (Å²) in [5, 5.41) is 2.77. The van der Waals surface area contributed by atoms with Crippen LogP contribution in [0.3, 0.4) is 0 Å². The van der Waals surface area contributed by atoms with Crippen LogP contribution in [0.1, 0.15) is 27.2 Å². The Morgan fingerprint density at radius 1 is 1.55 bits per heavy atom. The predicted molar refractivity (Wildman–Crippen MR) is 46.1 cm³/mol. The van der Waals surface area contributed by atoms with Crippen molar-refractivity contribution in [2.75, 3.05) is 6.54 Å². The van der Waals surface area contributed by atoms with Crippen LogP contribution in [0.2, 0.25) is 0 Å². The highest BCUT2D eigenvalue weighted by molar-refractivity contribution is 5.77. The fourth-order valence-electron chi connectivity index (χ4n) is 0.580. The van der Waals surface area contributed by atoms with Crippen LogP contribution in [0.5, 0.6) is 0 Å². The second-order valence-electron chi connectivity index (χ2n) is 3.07. The van der Waals surface area contributed by atoms with Gasteiger partial charge in [-0.25, -0.2) is 0 Å². The van der Waals surface area contributed by atoms with E-state index in [0.717, 1.165) is 6.42 Å². The monoisotopic (exact) mass is 158 g/mol. The van der Waals surface area contributed by atoms with Crippen molar-refractivity contribution in [1.29, 1.82) is 0 Å². The van der Waals surface area contributed by atoms with Gasteiger partial charge in [-0.1, -0.05) is 20.8 Å². The van der Waals surface area contributed by atoms with Gasteiger partial charge in [0, 0.05) is 18.5 Å².